The molecule has 1 heterocycles. The molecule has 0 aliphatic heterocycles. The number of rotatable bonds is 8. The minimum Gasteiger partial charge on any atom is -0.463 e. The number of halogens is 3. The summed E-state index contributed by atoms with van der Waals surface area (Å²) in [6.45, 7) is 6.82. The minimum absolute atomic E-state index is 0.185. The molecule has 0 saturated carbocycles. The van der Waals surface area contributed by atoms with Crippen LogP contribution in [0.15, 0.2) is 10.5 Å². The van der Waals surface area contributed by atoms with E-state index in [0.717, 1.165) is 24.3 Å². The summed E-state index contributed by atoms with van der Waals surface area (Å²) in [4.78, 5) is 1.32. The van der Waals surface area contributed by atoms with Crippen molar-refractivity contribution in [3.63, 3.8) is 0 Å². The summed E-state index contributed by atoms with van der Waals surface area (Å²) in [6, 6.07) is 1.82. The molecule has 0 aromatic carbocycles. The summed E-state index contributed by atoms with van der Waals surface area (Å²) < 4.78 is 42.8. The Bertz CT molecular complexity index is 402. The molecule has 0 aliphatic carbocycles. The van der Waals surface area contributed by atoms with Gasteiger partial charge < -0.3 is 9.73 Å². The number of hydrogen-bond acceptors (Lipinski definition) is 3. The molecule has 20 heavy (non-hydrogen) atoms. The van der Waals surface area contributed by atoms with Crippen molar-refractivity contribution in [2.75, 3.05) is 19.6 Å². The van der Waals surface area contributed by atoms with E-state index < -0.39 is 12.7 Å². The van der Waals surface area contributed by atoms with E-state index >= 15 is 0 Å². The predicted octanol–water partition coefficient (Wildman–Crippen LogP) is 3.47. The van der Waals surface area contributed by atoms with Gasteiger partial charge in [-0.05, 0) is 38.1 Å². The van der Waals surface area contributed by atoms with Gasteiger partial charge in [-0.15, -0.1) is 0 Å². The third-order valence-electron chi connectivity index (χ3n) is 3.01. The second kappa shape index (κ2) is 7.69. The fourth-order valence-corrected chi connectivity index (χ4v) is 1.98. The molecule has 1 aromatic heterocycles. The molecule has 0 bridgehead atoms. The summed E-state index contributed by atoms with van der Waals surface area (Å²) in [5.74, 6) is 1.39. The molecule has 1 rings (SSSR count). The lowest BCUT2D eigenvalue weighted by molar-refractivity contribution is -0.147. The zero-order chi connectivity index (χ0) is 15.2. The molecule has 0 amide bonds. The van der Waals surface area contributed by atoms with Gasteiger partial charge in [0, 0.05) is 0 Å². The highest BCUT2D eigenvalue weighted by molar-refractivity contribution is 5.20. The molecule has 0 saturated heterocycles. The highest BCUT2D eigenvalue weighted by Crippen LogP contribution is 2.20. The molecule has 3 nitrogen and oxygen atoms in total. The Labute approximate surface area is 118 Å². The van der Waals surface area contributed by atoms with Crippen molar-refractivity contribution in [3.05, 3.63) is 23.2 Å². The molecule has 0 unspecified atom stereocenters. The van der Waals surface area contributed by atoms with Crippen LogP contribution in [0.5, 0.6) is 0 Å². The molecule has 0 spiro atoms. The summed E-state index contributed by atoms with van der Waals surface area (Å²) >= 11 is 0. The number of nitrogens with zero attached hydrogens (tertiary/aromatic N) is 1. The number of nitrogens with one attached hydrogen (secondary N) is 1. The van der Waals surface area contributed by atoms with Gasteiger partial charge in [0.25, 0.3) is 0 Å². The molecule has 0 fully saturated rings. The average molecular weight is 292 g/mol. The van der Waals surface area contributed by atoms with Crippen molar-refractivity contribution < 1.29 is 17.6 Å². The zero-order valence-electron chi connectivity index (χ0n) is 12.3. The van der Waals surface area contributed by atoms with Gasteiger partial charge in [0.15, 0.2) is 0 Å². The second-order valence-electron chi connectivity index (χ2n) is 4.91. The van der Waals surface area contributed by atoms with Crippen LogP contribution in [0.1, 0.15) is 37.4 Å². The number of hydrogen-bond donors (Lipinski definition) is 1. The number of aryl methyl sites for hydroxylation is 1. The largest absolute Gasteiger partial charge is 0.463 e. The van der Waals surface area contributed by atoms with Gasteiger partial charge >= 0.3 is 6.18 Å². The van der Waals surface area contributed by atoms with E-state index in [1.165, 1.54) is 4.90 Å². The van der Waals surface area contributed by atoms with Gasteiger partial charge in [-0.25, -0.2) is 0 Å². The van der Waals surface area contributed by atoms with Crippen LogP contribution in [0.2, 0.25) is 0 Å². The van der Waals surface area contributed by atoms with Gasteiger partial charge in [-0.3, -0.25) is 4.90 Å². The van der Waals surface area contributed by atoms with Gasteiger partial charge in [0.1, 0.15) is 11.5 Å². The van der Waals surface area contributed by atoms with Crippen LogP contribution in [0.4, 0.5) is 13.2 Å². The standard InChI is InChI=1S/C14H23F3N2O/c1-4-6-18-8-13-11(3)7-12(20-13)9-19(5-2)10-14(15,16)17/h7,18H,4-6,8-10H2,1-3H3. The second-order valence-corrected chi connectivity index (χ2v) is 4.91. The number of furan rings is 1. The van der Waals surface area contributed by atoms with Crippen LogP contribution >= 0.6 is 0 Å². The minimum atomic E-state index is -4.18. The fraction of sp³-hybridized carbons (Fsp3) is 0.714. The number of alkyl halides is 3. The van der Waals surface area contributed by atoms with E-state index in [1.54, 1.807) is 6.92 Å². The van der Waals surface area contributed by atoms with Crippen LogP contribution in [0, 0.1) is 6.92 Å². The molecule has 0 aliphatic rings. The third kappa shape index (κ3) is 5.96. The first kappa shape index (κ1) is 17.0. The lowest BCUT2D eigenvalue weighted by atomic mass is 10.2. The first-order valence-electron chi connectivity index (χ1n) is 6.93. The Kier molecular flexibility index (Phi) is 6.55. The first-order chi connectivity index (χ1) is 9.35. The Balaban J connectivity index is 2.60. The van der Waals surface area contributed by atoms with Crippen LogP contribution in [0.25, 0.3) is 0 Å². The van der Waals surface area contributed by atoms with Gasteiger partial charge in [0.2, 0.25) is 0 Å². The molecule has 1 aromatic rings. The fourth-order valence-electron chi connectivity index (χ4n) is 1.98. The molecule has 1 N–H and O–H groups in total. The summed E-state index contributed by atoms with van der Waals surface area (Å²) in [7, 11) is 0. The molecular weight excluding hydrogens is 269 g/mol. The highest BCUT2D eigenvalue weighted by atomic mass is 19.4. The SMILES string of the molecule is CCCNCc1oc(CN(CC)CC(F)(F)F)cc1C. The summed E-state index contributed by atoms with van der Waals surface area (Å²) in [5, 5.41) is 3.22. The molecule has 0 radical (unpaired) electrons. The molecular formula is C14H23F3N2O. The van der Waals surface area contributed by atoms with Crippen molar-refractivity contribution in [1.29, 1.82) is 0 Å². The maximum Gasteiger partial charge on any atom is 0.401 e. The highest BCUT2D eigenvalue weighted by Gasteiger charge is 2.30. The zero-order valence-corrected chi connectivity index (χ0v) is 12.3. The van der Waals surface area contributed by atoms with Crippen molar-refractivity contribution in [2.45, 2.75) is 46.5 Å². The van der Waals surface area contributed by atoms with Gasteiger partial charge in [-0.2, -0.15) is 13.2 Å². The van der Waals surface area contributed by atoms with Crippen LogP contribution in [-0.4, -0.2) is 30.7 Å². The monoisotopic (exact) mass is 292 g/mol. The smallest absolute Gasteiger partial charge is 0.401 e. The van der Waals surface area contributed by atoms with E-state index in [-0.39, 0.29) is 6.54 Å². The molecule has 6 heteroatoms. The predicted molar refractivity (Wildman–Crippen MR) is 72.4 cm³/mol. The summed E-state index contributed by atoms with van der Waals surface area (Å²) in [6.07, 6.45) is -3.15. The van der Waals surface area contributed by atoms with E-state index in [9.17, 15) is 13.2 Å². The van der Waals surface area contributed by atoms with Crippen LogP contribution in [-0.2, 0) is 13.1 Å². The topological polar surface area (TPSA) is 28.4 Å². The van der Waals surface area contributed by atoms with Gasteiger partial charge in [0.05, 0.1) is 19.6 Å². The maximum atomic E-state index is 12.4. The van der Waals surface area contributed by atoms with Crippen molar-refractivity contribution in [1.82, 2.24) is 10.2 Å². The van der Waals surface area contributed by atoms with Crippen molar-refractivity contribution >= 4 is 0 Å². The van der Waals surface area contributed by atoms with E-state index in [4.69, 9.17) is 4.42 Å². The quantitative estimate of drug-likeness (QED) is 0.744. The van der Waals surface area contributed by atoms with E-state index in [0.29, 0.717) is 18.8 Å². The first-order valence-corrected chi connectivity index (χ1v) is 6.93. The Morgan fingerprint density at radius 3 is 2.55 bits per heavy atom. The van der Waals surface area contributed by atoms with Crippen LogP contribution in [0.3, 0.4) is 0 Å². The van der Waals surface area contributed by atoms with Crippen molar-refractivity contribution in [2.24, 2.45) is 0 Å². The maximum absolute atomic E-state index is 12.4. The Hall–Kier alpha value is -1.01. The third-order valence-corrected chi connectivity index (χ3v) is 3.01. The lowest BCUT2D eigenvalue weighted by Gasteiger charge is -2.20. The Morgan fingerprint density at radius 2 is 2.00 bits per heavy atom. The molecule has 116 valence electrons. The average Bonchev–Trinajstić information content (AvgIpc) is 2.67. The normalized spacial score (nSPS) is 12.3. The van der Waals surface area contributed by atoms with E-state index in [1.807, 2.05) is 13.0 Å². The van der Waals surface area contributed by atoms with Crippen LogP contribution < -0.4 is 5.32 Å². The van der Waals surface area contributed by atoms with Gasteiger partial charge in [-0.1, -0.05) is 13.8 Å². The van der Waals surface area contributed by atoms with Crippen molar-refractivity contribution in [3.8, 4) is 0 Å². The Morgan fingerprint density at radius 1 is 1.30 bits per heavy atom. The van der Waals surface area contributed by atoms with E-state index in [2.05, 4.69) is 12.2 Å². The lowest BCUT2D eigenvalue weighted by Crippen LogP contribution is -2.33. The molecule has 0 atom stereocenters. The summed E-state index contributed by atoms with van der Waals surface area (Å²) in [5.41, 5.74) is 0.978.